The smallest absolute Gasteiger partial charge is 0.260 e. The lowest BCUT2D eigenvalue weighted by molar-refractivity contribution is 0.414. The van der Waals surface area contributed by atoms with Gasteiger partial charge in [-0.2, -0.15) is 5.10 Å². The van der Waals surface area contributed by atoms with Gasteiger partial charge in [0.2, 0.25) is 0 Å². The average Bonchev–Trinajstić information content (AvgIpc) is 2.90. The van der Waals surface area contributed by atoms with Crippen LogP contribution in [0.5, 0.6) is 5.75 Å². The summed E-state index contributed by atoms with van der Waals surface area (Å²) in [6.07, 6.45) is 3.54. The SMILES string of the molecule is COc1ccc(Cn2c(=O)c3c[nH]cc4/c(=N\N)ccc2c34)cc1. The molecule has 0 saturated heterocycles. The summed E-state index contributed by atoms with van der Waals surface area (Å²) in [7, 11) is 1.63. The van der Waals surface area contributed by atoms with Crippen LogP contribution in [0.1, 0.15) is 5.56 Å². The number of pyridine rings is 1. The van der Waals surface area contributed by atoms with Crippen molar-refractivity contribution in [2.24, 2.45) is 10.9 Å². The number of nitrogens with zero attached hydrogens (tertiary/aromatic N) is 2. The molecule has 0 bridgehead atoms. The van der Waals surface area contributed by atoms with Crippen LogP contribution in [0.15, 0.2) is 58.7 Å². The third kappa shape index (κ3) is 2.04. The first-order valence-corrected chi connectivity index (χ1v) is 7.55. The van der Waals surface area contributed by atoms with Crippen LogP contribution in [0.2, 0.25) is 0 Å². The molecule has 0 fully saturated rings. The van der Waals surface area contributed by atoms with E-state index in [1.54, 1.807) is 17.9 Å². The molecule has 3 N–H and O–H groups in total. The van der Waals surface area contributed by atoms with Crippen LogP contribution in [0.3, 0.4) is 0 Å². The molecule has 6 nitrogen and oxygen atoms in total. The Kier molecular flexibility index (Phi) is 3.23. The molecule has 6 heteroatoms. The van der Waals surface area contributed by atoms with Gasteiger partial charge in [0.25, 0.3) is 5.56 Å². The van der Waals surface area contributed by atoms with Gasteiger partial charge in [0.05, 0.1) is 29.9 Å². The van der Waals surface area contributed by atoms with Crippen LogP contribution < -0.4 is 21.5 Å². The van der Waals surface area contributed by atoms with E-state index >= 15 is 0 Å². The topological polar surface area (TPSA) is 85.4 Å². The molecule has 2 aromatic heterocycles. The number of H-pyrrole nitrogens is 1. The highest BCUT2D eigenvalue weighted by atomic mass is 16.5. The molecule has 0 spiro atoms. The minimum Gasteiger partial charge on any atom is -0.497 e. The predicted molar refractivity (Wildman–Crippen MR) is 93.1 cm³/mol. The van der Waals surface area contributed by atoms with E-state index in [0.29, 0.717) is 17.3 Å². The number of nitrogens with one attached hydrogen (secondary N) is 1. The number of aromatic amines is 1. The first-order valence-electron chi connectivity index (χ1n) is 7.55. The van der Waals surface area contributed by atoms with Crippen molar-refractivity contribution in [1.29, 1.82) is 0 Å². The molecule has 2 aromatic carbocycles. The molecule has 4 aromatic rings. The number of rotatable bonds is 3. The number of hydrogen-bond acceptors (Lipinski definition) is 4. The Hall–Kier alpha value is -3.28. The van der Waals surface area contributed by atoms with Gasteiger partial charge >= 0.3 is 0 Å². The van der Waals surface area contributed by atoms with Gasteiger partial charge in [-0.25, -0.2) is 0 Å². The van der Waals surface area contributed by atoms with Crippen molar-refractivity contribution in [1.82, 2.24) is 9.55 Å². The largest absolute Gasteiger partial charge is 0.497 e. The molecule has 0 radical (unpaired) electrons. The predicted octanol–water partition coefficient (Wildman–Crippen LogP) is 1.75. The van der Waals surface area contributed by atoms with E-state index in [1.165, 1.54) is 0 Å². The van der Waals surface area contributed by atoms with Gasteiger partial charge in [0.15, 0.2) is 0 Å². The summed E-state index contributed by atoms with van der Waals surface area (Å²) >= 11 is 0. The Balaban J connectivity index is 1.94. The van der Waals surface area contributed by atoms with Gasteiger partial charge in [-0.1, -0.05) is 12.1 Å². The third-order valence-corrected chi connectivity index (χ3v) is 4.33. The summed E-state index contributed by atoms with van der Waals surface area (Å²) in [5.41, 5.74) is 1.88. The molecule has 2 heterocycles. The summed E-state index contributed by atoms with van der Waals surface area (Å²) < 4.78 is 6.95. The van der Waals surface area contributed by atoms with Gasteiger partial charge in [0, 0.05) is 23.2 Å². The molecule has 0 aliphatic carbocycles. The van der Waals surface area contributed by atoms with Crippen molar-refractivity contribution in [2.75, 3.05) is 7.11 Å². The van der Waals surface area contributed by atoms with Gasteiger partial charge in [-0.05, 0) is 29.8 Å². The third-order valence-electron chi connectivity index (χ3n) is 4.33. The monoisotopic (exact) mass is 320 g/mol. The van der Waals surface area contributed by atoms with E-state index in [1.807, 2.05) is 42.6 Å². The highest BCUT2D eigenvalue weighted by Crippen LogP contribution is 2.23. The molecule has 0 amide bonds. The lowest BCUT2D eigenvalue weighted by Crippen LogP contribution is -2.15. The maximum atomic E-state index is 12.8. The summed E-state index contributed by atoms with van der Waals surface area (Å²) in [5, 5.41) is 6.83. The maximum Gasteiger partial charge on any atom is 0.260 e. The van der Waals surface area contributed by atoms with Crippen LogP contribution in [0.4, 0.5) is 0 Å². The number of nitrogens with two attached hydrogens (primary N) is 1. The Bertz CT molecular complexity index is 1140. The van der Waals surface area contributed by atoms with Crippen LogP contribution in [0.25, 0.3) is 21.7 Å². The number of benzene rings is 2. The second-order valence-electron chi connectivity index (χ2n) is 5.63. The number of methoxy groups -OCH3 is 1. The van der Waals surface area contributed by atoms with Gasteiger partial charge in [-0.3, -0.25) is 4.79 Å². The number of aromatic nitrogens is 2. The van der Waals surface area contributed by atoms with Crippen molar-refractivity contribution < 1.29 is 4.74 Å². The second-order valence-corrected chi connectivity index (χ2v) is 5.63. The average molecular weight is 320 g/mol. The van der Waals surface area contributed by atoms with Crippen molar-refractivity contribution in [2.45, 2.75) is 6.54 Å². The number of hydrogen-bond donors (Lipinski definition) is 2. The van der Waals surface area contributed by atoms with E-state index in [4.69, 9.17) is 10.6 Å². The molecular formula is C18H16N4O2. The van der Waals surface area contributed by atoms with Crippen molar-refractivity contribution in [3.8, 4) is 5.75 Å². The van der Waals surface area contributed by atoms with Gasteiger partial charge in [-0.15, -0.1) is 0 Å². The van der Waals surface area contributed by atoms with E-state index in [-0.39, 0.29) is 5.56 Å². The van der Waals surface area contributed by atoms with E-state index in [9.17, 15) is 4.79 Å². The van der Waals surface area contributed by atoms with Crippen molar-refractivity contribution in [3.63, 3.8) is 0 Å². The van der Waals surface area contributed by atoms with Gasteiger partial charge in [0.1, 0.15) is 5.75 Å². The molecule has 0 aliphatic heterocycles. The van der Waals surface area contributed by atoms with Crippen LogP contribution in [0, 0.1) is 0 Å². The quantitative estimate of drug-likeness (QED) is 0.445. The maximum absolute atomic E-state index is 12.8. The zero-order valence-corrected chi connectivity index (χ0v) is 13.1. The molecule has 0 unspecified atom stereocenters. The fourth-order valence-electron chi connectivity index (χ4n) is 3.14. The lowest BCUT2D eigenvalue weighted by atomic mass is 10.1. The van der Waals surface area contributed by atoms with E-state index < -0.39 is 0 Å². The molecule has 4 rings (SSSR count). The summed E-state index contributed by atoms with van der Waals surface area (Å²) in [6, 6.07) is 11.4. The normalized spacial score (nSPS) is 12.3. The van der Waals surface area contributed by atoms with Gasteiger partial charge < -0.3 is 20.1 Å². The molecule has 0 saturated carbocycles. The summed E-state index contributed by atoms with van der Waals surface area (Å²) in [4.78, 5) is 15.8. The minimum absolute atomic E-state index is 0.0307. The lowest BCUT2D eigenvalue weighted by Gasteiger charge is -2.06. The minimum atomic E-state index is -0.0307. The Morgan fingerprint density at radius 3 is 2.58 bits per heavy atom. The zero-order valence-electron chi connectivity index (χ0n) is 13.1. The second kappa shape index (κ2) is 5.42. The highest BCUT2D eigenvalue weighted by molar-refractivity contribution is 6.08. The fraction of sp³-hybridized carbons (Fsp3) is 0.111. The number of ether oxygens (including phenoxy) is 1. The van der Waals surface area contributed by atoms with E-state index in [0.717, 1.165) is 27.6 Å². The summed E-state index contributed by atoms with van der Waals surface area (Å²) in [5.74, 6) is 6.25. The molecular weight excluding hydrogens is 304 g/mol. The molecule has 120 valence electrons. The standard InChI is InChI=1S/C18H16N4O2/c1-24-12-4-2-11(3-5-12)10-22-16-7-6-15(21-19)13-8-20-9-14(17(13)16)18(22)23/h2-9,20H,10,19H2,1H3/b21-15-. The highest BCUT2D eigenvalue weighted by Gasteiger charge is 2.15. The Labute approximate surface area is 137 Å². The van der Waals surface area contributed by atoms with E-state index in [2.05, 4.69) is 10.1 Å². The van der Waals surface area contributed by atoms with Crippen molar-refractivity contribution in [3.05, 3.63) is 70.1 Å². The fourth-order valence-corrected chi connectivity index (χ4v) is 3.14. The zero-order chi connectivity index (χ0) is 16.7. The first kappa shape index (κ1) is 14.3. The molecule has 0 aliphatic rings. The summed E-state index contributed by atoms with van der Waals surface area (Å²) in [6.45, 7) is 0.492. The molecule has 24 heavy (non-hydrogen) atoms. The van der Waals surface area contributed by atoms with Crippen LogP contribution >= 0.6 is 0 Å². The molecule has 0 atom stereocenters. The van der Waals surface area contributed by atoms with Crippen molar-refractivity contribution >= 4 is 21.7 Å². The Morgan fingerprint density at radius 1 is 1.12 bits per heavy atom. The van der Waals surface area contributed by atoms with Crippen LogP contribution in [-0.2, 0) is 6.54 Å². The van der Waals surface area contributed by atoms with Crippen LogP contribution in [-0.4, -0.2) is 16.7 Å². The Morgan fingerprint density at radius 2 is 1.88 bits per heavy atom. The first-order chi connectivity index (χ1) is 11.7.